The molecule has 0 bridgehead atoms. The third-order valence-electron chi connectivity index (χ3n) is 3.12. The fourth-order valence-electron chi connectivity index (χ4n) is 2.21. The summed E-state index contributed by atoms with van der Waals surface area (Å²) in [5.74, 6) is 0.187. The molecule has 0 aliphatic heterocycles. The molecule has 0 aliphatic rings. The topological polar surface area (TPSA) is 85.4 Å². The SMILES string of the molecule is Cc1cc(C)c(C(N)=O)c(Oc2ccccc2CCO)n1. The largest absolute Gasteiger partial charge is 0.438 e. The van der Waals surface area contributed by atoms with E-state index in [0.29, 0.717) is 12.2 Å². The highest BCUT2D eigenvalue weighted by atomic mass is 16.5. The van der Waals surface area contributed by atoms with E-state index in [9.17, 15) is 4.79 Å². The van der Waals surface area contributed by atoms with E-state index in [2.05, 4.69) is 4.98 Å². The van der Waals surface area contributed by atoms with Gasteiger partial charge in [-0.2, -0.15) is 0 Å². The van der Waals surface area contributed by atoms with Crippen LogP contribution in [0.15, 0.2) is 30.3 Å². The number of amides is 1. The Bertz CT molecular complexity index is 669. The zero-order valence-corrected chi connectivity index (χ0v) is 12.1. The Labute approximate surface area is 123 Å². The Morgan fingerprint density at radius 2 is 2.05 bits per heavy atom. The second-order valence-corrected chi connectivity index (χ2v) is 4.81. The first kappa shape index (κ1) is 15.0. The summed E-state index contributed by atoms with van der Waals surface area (Å²) in [6, 6.07) is 9.10. The van der Waals surface area contributed by atoms with Gasteiger partial charge in [0, 0.05) is 12.3 Å². The van der Waals surface area contributed by atoms with Crippen molar-refractivity contribution in [3.63, 3.8) is 0 Å². The minimum absolute atomic E-state index is 0.0172. The van der Waals surface area contributed by atoms with Crippen LogP contribution in [0.5, 0.6) is 11.6 Å². The number of rotatable bonds is 5. The lowest BCUT2D eigenvalue weighted by molar-refractivity contribution is 0.0997. The third kappa shape index (κ3) is 3.38. The quantitative estimate of drug-likeness (QED) is 0.881. The Balaban J connectivity index is 2.47. The molecule has 3 N–H and O–H groups in total. The first-order chi connectivity index (χ1) is 10.0. The molecule has 5 heteroatoms. The molecular formula is C16H18N2O3. The van der Waals surface area contributed by atoms with Gasteiger partial charge in [-0.25, -0.2) is 4.98 Å². The van der Waals surface area contributed by atoms with Crippen molar-refractivity contribution < 1.29 is 14.6 Å². The number of hydrogen-bond donors (Lipinski definition) is 2. The fraction of sp³-hybridized carbons (Fsp3) is 0.250. The fourth-order valence-corrected chi connectivity index (χ4v) is 2.21. The third-order valence-corrected chi connectivity index (χ3v) is 3.12. The van der Waals surface area contributed by atoms with Crippen LogP contribution in [0.3, 0.4) is 0 Å². The lowest BCUT2D eigenvalue weighted by Crippen LogP contribution is -2.15. The number of aryl methyl sites for hydroxylation is 2. The van der Waals surface area contributed by atoms with Crippen LogP contribution in [0.1, 0.15) is 27.2 Å². The van der Waals surface area contributed by atoms with Crippen molar-refractivity contribution in [3.05, 3.63) is 52.7 Å². The lowest BCUT2D eigenvalue weighted by atomic mass is 10.1. The molecule has 0 aliphatic carbocycles. The minimum atomic E-state index is -0.574. The molecule has 1 aromatic carbocycles. The van der Waals surface area contributed by atoms with Crippen molar-refractivity contribution in [1.29, 1.82) is 0 Å². The van der Waals surface area contributed by atoms with Crippen molar-refractivity contribution >= 4 is 5.91 Å². The summed E-state index contributed by atoms with van der Waals surface area (Å²) >= 11 is 0. The summed E-state index contributed by atoms with van der Waals surface area (Å²) in [6.07, 6.45) is 0.465. The van der Waals surface area contributed by atoms with Crippen LogP contribution in [-0.4, -0.2) is 22.6 Å². The summed E-state index contributed by atoms with van der Waals surface area (Å²) in [5.41, 5.74) is 8.01. The maximum Gasteiger partial charge on any atom is 0.254 e. The molecule has 0 saturated carbocycles. The van der Waals surface area contributed by atoms with Crippen molar-refractivity contribution in [2.75, 3.05) is 6.61 Å². The smallest absolute Gasteiger partial charge is 0.254 e. The number of hydrogen-bond acceptors (Lipinski definition) is 4. The number of benzene rings is 1. The Hall–Kier alpha value is -2.40. The normalized spacial score (nSPS) is 10.4. The zero-order chi connectivity index (χ0) is 15.4. The van der Waals surface area contributed by atoms with Crippen molar-refractivity contribution in [1.82, 2.24) is 4.98 Å². The van der Waals surface area contributed by atoms with Crippen LogP contribution < -0.4 is 10.5 Å². The molecule has 110 valence electrons. The summed E-state index contributed by atoms with van der Waals surface area (Å²) < 4.78 is 5.79. The van der Waals surface area contributed by atoms with Crippen LogP contribution in [0, 0.1) is 13.8 Å². The number of ether oxygens (including phenoxy) is 1. The van der Waals surface area contributed by atoms with Gasteiger partial charge in [0.1, 0.15) is 11.3 Å². The highest BCUT2D eigenvalue weighted by Crippen LogP contribution is 2.28. The van der Waals surface area contributed by atoms with Crippen molar-refractivity contribution in [2.24, 2.45) is 5.73 Å². The number of carbonyl (C=O) groups excluding carboxylic acids is 1. The van der Waals surface area contributed by atoms with Gasteiger partial charge in [0.05, 0.1) is 0 Å². The van der Waals surface area contributed by atoms with E-state index in [1.54, 1.807) is 19.1 Å². The number of aliphatic hydroxyl groups excluding tert-OH is 1. The number of aliphatic hydroxyl groups is 1. The molecule has 0 atom stereocenters. The van der Waals surface area contributed by atoms with Gasteiger partial charge in [-0.3, -0.25) is 4.79 Å². The monoisotopic (exact) mass is 286 g/mol. The first-order valence-corrected chi connectivity index (χ1v) is 6.67. The number of pyridine rings is 1. The molecular weight excluding hydrogens is 268 g/mol. The van der Waals surface area contributed by atoms with Gasteiger partial charge in [-0.15, -0.1) is 0 Å². The molecule has 1 aromatic heterocycles. The summed E-state index contributed by atoms with van der Waals surface area (Å²) in [4.78, 5) is 15.9. The zero-order valence-electron chi connectivity index (χ0n) is 12.1. The van der Waals surface area contributed by atoms with Crippen molar-refractivity contribution in [3.8, 4) is 11.6 Å². The van der Waals surface area contributed by atoms with Gasteiger partial charge in [-0.05, 0) is 43.5 Å². The molecule has 0 spiro atoms. The molecule has 0 saturated heterocycles. The second kappa shape index (κ2) is 6.37. The standard InChI is InChI=1S/C16H18N2O3/c1-10-9-11(2)18-16(14(10)15(17)20)21-13-6-4-3-5-12(13)7-8-19/h3-6,9,19H,7-8H2,1-2H3,(H2,17,20). The van der Waals surface area contributed by atoms with Crippen LogP contribution >= 0.6 is 0 Å². The van der Waals surface area contributed by atoms with E-state index in [-0.39, 0.29) is 18.1 Å². The molecule has 1 amide bonds. The molecule has 0 fully saturated rings. The Morgan fingerprint density at radius 3 is 2.71 bits per heavy atom. The number of nitrogens with zero attached hydrogens (tertiary/aromatic N) is 1. The van der Waals surface area contributed by atoms with E-state index in [4.69, 9.17) is 15.6 Å². The molecule has 0 unspecified atom stereocenters. The summed E-state index contributed by atoms with van der Waals surface area (Å²) in [7, 11) is 0. The number of nitrogens with two attached hydrogens (primary N) is 1. The van der Waals surface area contributed by atoms with Gasteiger partial charge < -0.3 is 15.6 Å². The van der Waals surface area contributed by atoms with E-state index in [1.165, 1.54) is 0 Å². The van der Waals surface area contributed by atoms with Gasteiger partial charge in [0.15, 0.2) is 0 Å². The predicted molar refractivity (Wildman–Crippen MR) is 79.5 cm³/mol. The van der Waals surface area contributed by atoms with Gasteiger partial charge in [0.25, 0.3) is 5.91 Å². The molecule has 5 nitrogen and oxygen atoms in total. The van der Waals surface area contributed by atoms with E-state index in [0.717, 1.165) is 16.8 Å². The molecule has 1 heterocycles. The summed E-state index contributed by atoms with van der Waals surface area (Å²) in [5, 5.41) is 9.10. The number of primary amides is 1. The van der Waals surface area contributed by atoms with E-state index >= 15 is 0 Å². The Kier molecular flexibility index (Phi) is 4.55. The summed E-state index contributed by atoms with van der Waals surface area (Å²) in [6.45, 7) is 3.63. The van der Waals surface area contributed by atoms with Gasteiger partial charge in [-0.1, -0.05) is 18.2 Å². The van der Waals surface area contributed by atoms with E-state index in [1.807, 2.05) is 25.1 Å². The highest BCUT2D eigenvalue weighted by Gasteiger charge is 2.17. The predicted octanol–water partition coefficient (Wildman–Crippen LogP) is 2.12. The molecule has 0 radical (unpaired) electrons. The van der Waals surface area contributed by atoms with Gasteiger partial charge >= 0.3 is 0 Å². The minimum Gasteiger partial charge on any atom is -0.438 e. The average molecular weight is 286 g/mol. The highest BCUT2D eigenvalue weighted by molar-refractivity contribution is 5.96. The van der Waals surface area contributed by atoms with Crippen LogP contribution in [0.2, 0.25) is 0 Å². The average Bonchev–Trinajstić information content (AvgIpc) is 2.40. The van der Waals surface area contributed by atoms with Gasteiger partial charge in [0.2, 0.25) is 5.88 Å². The first-order valence-electron chi connectivity index (χ1n) is 6.67. The lowest BCUT2D eigenvalue weighted by Gasteiger charge is -2.13. The number of aromatic nitrogens is 1. The maximum atomic E-state index is 11.6. The molecule has 21 heavy (non-hydrogen) atoms. The van der Waals surface area contributed by atoms with Crippen molar-refractivity contribution in [2.45, 2.75) is 20.3 Å². The molecule has 2 aromatic rings. The number of para-hydroxylation sites is 1. The van der Waals surface area contributed by atoms with Crippen LogP contribution in [0.4, 0.5) is 0 Å². The number of carbonyl (C=O) groups is 1. The maximum absolute atomic E-state index is 11.6. The Morgan fingerprint density at radius 1 is 1.33 bits per heavy atom. The van der Waals surface area contributed by atoms with Crippen LogP contribution in [0.25, 0.3) is 0 Å². The second-order valence-electron chi connectivity index (χ2n) is 4.81. The van der Waals surface area contributed by atoms with Crippen LogP contribution in [-0.2, 0) is 6.42 Å². The van der Waals surface area contributed by atoms with E-state index < -0.39 is 5.91 Å². The molecule has 2 rings (SSSR count).